The molecule has 23 heavy (non-hydrogen) atoms. The van der Waals surface area contributed by atoms with Gasteiger partial charge >= 0.3 is 0 Å². The van der Waals surface area contributed by atoms with Gasteiger partial charge in [-0.3, -0.25) is 4.79 Å². The van der Waals surface area contributed by atoms with Crippen molar-refractivity contribution in [1.82, 2.24) is 15.1 Å². The molecule has 1 aliphatic heterocycles. The van der Waals surface area contributed by atoms with E-state index in [1.807, 2.05) is 11.8 Å². The first-order chi connectivity index (χ1) is 11.1. The zero-order valence-corrected chi connectivity index (χ0v) is 14.5. The van der Waals surface area contributed by atoms with E-state index >= 15 is 0 Å². The lowest BCUT2D eigenvalue weighted by Crippen LogP contribution is -2.48. The third kappa shape index (κ3) is 3.40. The molecule has 0 saturated carbocycles. The highest BCUT2D eigenvalue weighted by molar-refractivity contribution is 7.15. The number of hydrogen-bond acceptors (Lipinski definition) is 6. The Morgan fingerprint density at radius 1 is 1.26 bits per heavy atom. The molecule has 0 spiro atoms. The fourth-order valence-corrected chi connectivity index (χ4v) is 3.44. The summed E-state index contributed by atoms with van der Waals surface area (Å²) < 4.78 is 5.27. The number of halogens is 1. The van der Waals surface area contributed by atoms with Crippen LogP contribution in [0.15, 0.2) is 18.2 Å². The maximum Gasteiger partial charge on any atom is 0.257 e. The third-order valence-electron chi connectivity index (χ3n) is 3.74. The zero-order valence-electron chi connectivity index (χ0n) is 13.0. The number of hydrogen-bond donors (Lipinski definition) is 0. The van der Waals surface area contributed by atoms with Crippen LogP contribution in [0.25, 0.3) is 0 Å². The second-order valence-electron chi connectivity index (χ2n) is 5.23. The van der Waals surface area contributed by atoms with E-state index in [2.05, 4.69) is 15.1 Å². The highest BCUT2D eigenvalue weighted by Crippen LogP contribution is 2.26. The van der Waals surface area contributed by atoms with Crippen molar-refractivity contribution < 1.29 is 9.53 Å². The van der Waals surface area contributed by atoms with E-state index in [4.69, 9.17) is 16.3 Å². The zero-order chi connectivity index (χ0) is 16.4. The molecule has 0 atom stereocenters. The van der Waals surface area contributed by atoms with E-state index in [-0.39, 0.29) is 5.91 Å². The number of ether oxygens (including phenoxy) is 1. The largest absolute Gasteiger partial charge is 0.496 e. The first-order valence-electron chi connectivity index (χ1n) is 7.26. The van der Waals surface area contributed by atoms with Crippen LogP contribution in [0.5, 0.6) is 5.75 Å². The van der Waals surface area contributed by atoms with Crippen LogP contribution in [-0.2, 0) is 0 Å². The Morgan fingerprint density at radius 3 is 2.61 bits per heavy atom. The van der Waals surface area contributed by atoms with Gasteiger partial charge in [-0.1, -0.05) is 22.9 Å². The van der Waals surface area contributed by atoms with Gasteiger partial charge in [-0.25, -0.2) is 0 Å². The number of anilines is 1. The predicted molar refractivity (Wildman–Crippen MR) is 90.8 cm³/mol. The molecule has 1 aliphatic rings. The molecule has 2 heterocycles. The summed E-state index contributed by atoms with van der Waals surface area (Å²) in [5, 5.41) is 10.6. The molecule has 1 saturated heterocycles. The number of carbonyl (C=O) groups excluding carboxylic acids is 1. The summed E-state index contributed by atoms with van der Waals surface area (Å²) in [6, 6.07) is 5.09. The lowest BCUT2D eigenvalue weighted by molar-refractivity contribution is 0.0743. The smallest absolute Gasteiger partial charge is 0.257 e. The quantitative estimate of drug-likeness (QED) is 0.849. The lowest BCUT2D eigenvalue weighted by Gasteiger charge is -2.34. The molecule has 1 aromatic carbocycles. The molecule has 1 aromatic heterocycles. The molecule has 0 bridgehead atoms. The highest BCUT2D eigenvalue weighted by Gasteiger charge is 2.25. The SMILES string of the molecule is COc1ccc(Cl)cc1C(=O)N1CCN(c2nnc(C)s2)CC1. The Balaban J connectivity index is 1.70. The van der Waals surface area contributed by atoms with Gasteiger partial charge < -0.3 is 14.5 Å². The van der Waals surface area contributed by atoms with Gasteiger partial charge in [0.2, 0.25) is 5.13 Å². The molecule has 2 aromatic rings. The Labute approximate surface area is 143 Å². The van der Waals surface area contributed by atoms with Gasteiger partial charge in [-0.2, -0.15) is 0 Å². The maximum atomic E-state index is 12.7. The predicted octanol–water partition coefficient (Wildman–Crippen LogP) is 2.47. The number of benzene rings is 1. The summed E-state index contributed by atoms with van der Waals surface area (Å²) in [5.74, 6) is 0.485. The molecule has 1 fully saturated rings. The fourth-order valence-electron chi connectivity index (χ4n) is 2.53. The van der Waals surface area contributed by atoms with Gasteiger partial charge in [0.15, 0.2) is 0 Å². The van der Waals surface area contributed by atoms with Crippen LogP contribution < -0.4 is 9.64 Å². The number of aromatic nitrogens is 2. The highest BCUT2D eigenvalue weighted by atomic mass is 35.5. The van der Waals surface area contributed by atoms with Crippen LogP contribution in [0.3, 0.4) is 0 Å². The Bertz CT molecular complexity index is 713. The Morgan fingerprint density at radius 2 is 2.00 bits per heavy atom. The molecule has 0 N–H and O–H groups in total. The summed E-state index contributed by atoms with van der Waals surface area (Å²) in [6.07, 6.45) is 0. The minimum atomic E-state index is -0.0579. The van der Waals surface area contributed by atoms with E-state index in [0.29, 0.717) is 29.4 Å². The topological polar surface area (TPSA) is 58.6 Å². The molecule has 8 heteroatoms. The van der Waals surface area contributed by atoms with Gasteiger partial charge in [0.25, 0.3) is 5.91 Å². The van der Waals surface area contributed by atoms with Crippen molar-refractivity contribution in [2.75, 3.05) is 38.2 Å². The van der Waals surface area contributed by atoms with Gasteiger partial charge in [0.05, 0.1) is 12.7 Å². The molecule has 122 valence electrons. The summed E-state index contributed by atoms with van der Waals surface area (Å²) in [5.41, 5.74) is 0.500. The van der Waals surface area contributed by atoms with E-state index in [0.717, 1.165) is 23.2 Å². The van der Waals surface area contributed by atoms with Gasteiger partial charge in [-0.15, -0.1) is 10.2 Å². The average Bonchev–Trinajstić information content (AvgIpc) is 3.01. The molecule has 3 rings (SSSR count). The van der Waals surface area contributed by atoms with Crippen molar-refractivity contribution in [2.45, 2.75) is 6.92 Å². The van der Waals surface area contributed by atoms with Gasteiger partial charge in [0.1, 0.15) is 10.8 Å². The molecule has 0 radical (unpaired) electrons. The van der Waals surface area contributed by atoms with Crippen molar-refractivity contribution in [2.24, 2.45) is 0 Å². The normalized spacial score (nSPS) is 14.9. The van der Waals surface area contributed by atoms with Gasteiger partial charge in [0, 0.05) is 31.2 Å². The van der Waals surface area contributed by atoms with Crippen LogP contribution in [0.4, 0.5) is 5.13 Å². The van der Waals surface area contributed by atoms with Crippen LogP contribution in [0.2, 0.25) is 5.02 Å². The van der Waals surface area contributed by atoms with E-state index < -0.39 is 0 Å². The van der Waals surface area contributed by atoms with Gasteiger partial charge in [-0.05, 0) is 25.1 Å². The number of rotatable bonds is 3. The number of carbonyl (C=O) groups is 1. The van der Waals surface area contributed by atoms with Crippen molar-refractivity contribution in [3.8, 4) is 5.75 Å². The van der Waals surface area contributed by atoms with Crippen molar-refractivity contribution in [3.63, 3.8) is 0 Å². The summed E-state index contributed by atoms with van der Waals surface area (Å²) in [4.78, 5) is 16.7. The second-order valence-corrected chi connectivity index (χ2v) is 6.82. The molecule has 1 amide bonds. The van der Waals surface area contributed by atoms with E-state index in [1.54, 1.807) is 36.6 Å². The summed E-state index contributed by atoms with van der Waals surface area (Å²) in [7, 11) is 1.55. The second kappa shape index (κ2) is 6.72. The number of methoxy groups -OCH3 is 1. The minimum Gasteiger partial charge on any atom is -0.496 e. The lowest BCUT2D eigenvalue weighted by atomic mass is 10.1. The third-order valence-corrected chi connectivity index (χ3v) is 4.88. The maximum absolute atomic E-state index is 12.7. The summed E-state index contributed by atoms with van der Waals surface area (Å²) in [6.45, 7) is 4.68. The van der Waals surface area contributed by atoms with Crippen molar-refractivity contribution in [3.05, 3.63) is 33.8 Å². The van der Waals surface area contributed by atoms with Crippen LogP contribution >= 0.6 is 22.9 Å². The molecule has 6 nitrogen and oxygen atoms in total. The van der Waals surface area contributed by atoms with Crippen LogP contribution in [0.1, 0.15) is 15.4 Å². The average molecular weight is 353 g/mol. The molecular weight excluding hydrogens is 336 g/mol. The van der Waals surface area contributed by atoms with Crippen molar-refractivity contribution >= 4 is 34.0 Å². The number of amides is 1. The molecular formula is C15H17ClN4O2S. The summed E-state index contributed by atoms with van der Waals surface area (Å²) >= 11 is 7.59. The monoisotopic (exact) mass is 352 g/mol. The van der Waals surface area contributed by atoms with E-state index in [9.17, 15) is 4.79 Å². The molecule has 0 unspecified atom stereocenters. The number of nitrogens with zero attached hydrogens (tertiary/aromatic N) is 4. The van der Waals surface area contributed by atoms with Crippen LogP contribution in [0, 0.1) is 6.92 Å². The van der Waals surface area contributed by atoms with Crippen molar-refractivity contribution in [1.29, 1.82) is 0 Å². The number of aryl methyl sites for hydroxylation is 1. The van der Waals surface area contributed by atoms with E-state index in [1.165, 1.54) is 0 Å². The first-order valence-corrected chi connectivity index (χ1v) is 8.46. The minimum absolute atomic E-state index is 0.0579. The molecule has 0 aliphatic carbocycles. The Hall–Kier alpha value is -1.86. The Kier molecular flexibility index (Phi) is 4.68. The van der Waals surface area contributed by atoms with Crippen LogP contribution in [-0.4, -0.2) is 54.3 Å². The fraction of sp³-hybridized carbons (Fsp3) is 0.400. The first kappa shape index (κ1) is 16.0. The standard InChI is InChI=1S/C15H17ClN4O2S/c1-10-17-18-15(23-10)20-7-5-19(6-8-20)14(21)12-9-11(16)3-4-13(12)22-2/h3-4,9H,5-8H2,1-2H3. The number of piperazine rings is 1.